The molecule has 0 saturated carbocycles. The lowest BCUT2D eigenvalue weighted by atomic mass is 9.95. The van der Waals surface area contributed by atoms with Crippen LogP contribution in [-0.2, 0) is 9.59 Å². The second-order valence-corrected chi connectivity index (χ2v) is 9.64. The Morgan fingerprint density at radius 1 is 1.15 bits per heavy atom. The second kappa shape index (κ2) is 10.6. The number of rotatable bonds is 7. The molecule has 2 amide bonds. The number of piperidine rings is 1. The van der Waals surface area contributed by atoms with Gasteiger partial charge in [-0.25, -0.2) is 0 Å². The molecule has 34 heavy (non-hydrogen) atoms. The minimum Gasteiger partial charge on any atom is -0.492 e. The predicted molar refractivity (Wildman–Crippen MR) is 134 cm³/mol. The third-order valence-electron chi connectivity index (χ3n) is 6.68. The highest BCUT2D eigenvalue weighted by molar-refractivity contribution is 6.32. The molecule has 1 spiro atoms. The van der Waals surface area contributed by atoms with E-state index >= 15 is 0 Å². The fraction of sp³-hybridized carbons (Fsp3) is 0.407. The number of hydrogen-bond acceptors (Lipinski definition) is 4. The van der Waals surface area contributed by atoms with Crippen molar-refractivity contribution in [2.45, 2.75) is 38.4 Å². The van der Waals surface area contributed by atoms with Crippen molar-refractivity contribution in [3.05, 3.63) is 71.3 Å². The molecule has 1 atom stereocenters. The lowest BCUT2D eigenvalue weighted by Crippen LogP contribution is -2.60. The van der Waals surface area contributed by atoms with Crippen molar-refractivity contribution in [1.82, 2.24) is 15.1 Å². The number of halogens is 1. The van der Waals surface area contributed by atoms with Gasteiger partial charge in [0.15, 0.2) is 0 Å². The molecule has 4 rings (SSSR count). The molecular weight excluding hydrogens is 450 g/mol. The number of para-hydroxylation sites is 1. The highest BCUT2D eigenvalue weighted by atomic mass is 35.5. The van der Waals surface area contributed by atoms with Crippen LogP contribution in [0.15, 0.2) is 60.7 Å². The average Bonchev–Trinajstić information content (AvgIpc) is 3.11. The van der Waals surface area contributed by atoms with E-state index in [4.69, 9.17) is 16.3 Å². The summed E-state index contributed by atoms with van der Waals surface area (Å²) in [6, 6.07) is 16.9. The van der Waals surface area contributed by atoms with Crippen molar-refractivity contribution >= 4 is 29.5 Å². The standard InChI is InChI=1S/C27H32ClN3O3/c1-20(2)25-26(33)31(18-19-34-22-9-4-3-5-10-22)27(29-25)14-16-30(17-15-27)24(32)13-12-21-8-6-7-11-23(21)28/h3-13,20,25,29H,14-19H2,1-2H3. The quantitative estimate of drug-likeness (QED) is 0.602. The molecule has 1 N–H and O–H groups in total. The molecule has 2 aliphatic heterocycles. The normalized spacial score (nSPS) is 20.0. The van der Waals surface area contributed by atoms with Crippen LogP contribution in [0.2, 0.25) is 5.02 Å². The molecule has 2 fully saturated rings. The second-order valence-electron chi connectivity index (χ2n) is 9.23. The summed E-state index contributed by atoms with van der Waals surface area (Å²) in [5, 5.41) is 4.24. The van der Waals surface area contributed by atoms with Gasteiger partial charge in [-0.2, -0.15) is 0 Å². The van der Waals surface area contributed by atoms with Gasteiger partial charge in [-0.3, -0.25) is 14.9 Å². The molecule has 2 heterocycles. The number of ether oxygens (including phenoxy) is 1. The summed E-state index contributed by atoms with van der Waals surface area (Å²) in [6.45, 7) is 6.20. The number of carbonyl (C=O) groups is 2. The van der Waals surface area contributed by atoms with Gasteiger partial charge in [0.05, 0.1) is 18.2 Å². The highest BCUT2D eigenvalue weighted by Crippen LogP contribution is 2.34. The van der Waals surface area contributed by atoms with Crippen LogP contribution in [0.3, 0.4) is 0 Å². The number of benzene rings is 2. The Morgan fingerprint density at radius 3 is 2.50 bits per heavy atom. The maximum absolute atomic E-state index is 13.3. The third kappa shape index (κ3) is 5.29. The number of carbonyl (C=O) groups excluding carboxylic acids is 2. The smallest absolute Gasteiger partial charge is 0.246 e. The largest absolute Gasteiger partial charge is 0.492 e. The van der Waals surface area contributed by atoms with Gasteiger partial charge < -0.3 is 14.5 Å². The zero-order chi connectivity index (χ0) is 24.1. The Balaban J connectivity index is 1.40. The van der Waals surface area contributed by atoms with Crippen molar-refractivity contribution in [2.75, 3.05) is 26.2 Å². The summed E-state index contributed by atoms with van der Waals surface area (Å²) in [6.07, 6.45) is 4.70. The number of nitrogens with zero attached hydrogens (tertiary/aromatic N) is 2. The van der Waals surface area contributed by atoms with Gasteiger partial charge in [0.25, 0.3) is 0 Å². The van der Waals surface area contributed by atoms with Gasteiger partial charge in [0, 0.05) is 37.0 Å². The van der Waals surface area contributed by atoms with Crippen molar-refractivity contribution in [2.24, 2.45) is 5.92 Å². The van der Waals surface area contributed by atoms with Gasteiger partial charge >= 0.3 is 0 Å². The van der Waals surface area contributed by atoms with Crippen LogP contribution in [0.5, 0.6) is 5.75 Å². The van der Waals surface area contributed by atoms with Crippen molar-refractivity contribution < 1.29 is 14.3 Å². The fourth-order valence-electron chi connectivity index (χ4n) is 4.74. The Morgan fingerprint density at radius 2 is 1.82 bits per heavy atom. The maximum Gasteiger partial charge on any atom is 0.246 e. The van der Waals surface area contributed by atoms with E-state index in [0.29, 0.717) is 44.1 Å². The molecule has 7 heteroatoms. The predicted octanol–water partition coefficient (Wildman–Crippen LogP) is 4.21. The van der Waals surface area contributed by atoms with Crippen molar-refractivity contribution in [3.8, 4) is 5.75 Å². The topological polar surface area (TPSA) is 61.9 Å². The summed E-state index contributed by atoms with van der Waals surface area (Å²) >= 11 is 6.19. The number of hydrogen-bond donors (Lipinski definition) is 1. The van der Waals surface area contributed by atoms with E-state index in [1.54, 1.807) is 18.2 Å². The molecule has 1 unspecified atom stereocenters. The Hall–Kier alpha value is -2.83. The van der Waals surface area contributed by atoms with Crippen molar-refractivity contribution in [3.63, 3.8) is 0 Å². The van der Waals surface area contributed by atoms with Gasteiger partial charge in [-0.05, 0) is 35.8 Å². The minimum absolute atomic E-state index is 0.0431. The van der Waals surface area contributed by atoms with Crippen molar-refractivity contribution in [1.29, 1.82) is 0 Å². The first kappa shape index (κ1) is 24.3. The zero-order valence-corrected chi connectivity index (χ0v) is 20.5. The molecule has 180 valence electrons. The van der Waals surface area contributed by atoms with E-state index in [9.17, 15) is 9.59 Å². The minimum atomic E-state index is -0.449. The van der Waals surface area contributed by atoms with E-state index in [-0.39, 0.29) is 23.8 Å². The van der Waals surface area contributed by atoms with E-state index in [0.717, 1.165) is 11.3 Å². The summed E-state index contributed by atoms with van der Waals surface area (Å²) in [5.74, 6) is 1.05. The van der Waals surface area contributed by atoms with Gasteiger partial charge in [0.1, 0.15) is 12.4 Å². The summed E-state index contributed by atoms with van der Waals surface area (Å²) < 4.78 is 5.88. The number of likely N-dealkylation sites (tertiary alicyclic amines) is 1. The first-order chi connectivity index (χ1) is 16.4. The Bertz CT molecular complexity index is 1030. The molecular formula is C27H32ClN3O3. The maximum atomic E-state index is 13.3. The first-order valence-electron chi connectivity index (χ1n) is 11.9. The van der Waals surface area contributed by atoms with Gasteiger partial charge in [-0.1, -0.05) is 61.8 Å². The van der Waals surface area contributed by atoms with E-state index < -0.39 is 5.66 Å². The van der Waals surface area contributed by atoms with E-state index in [1.165, 1.54) is 0 Å². The van der Waals surface area contributed by atoms with E-state index in [1.807, 2.05) is 58.3 Å². The number of nitrogens with one attached hydrogen (secondary N) is 1. The van der Waals surface area contributed by atoms with Crippen LogP contribution in [-0.4, -0.2) is 59.6 Å². The molecule has 0 radical (unpaired) electrons. The Labute approximate surface area is 206 Å². The lowest BCUT2D eigenvalue weighted by Gasteiger charge is -2.44. The third-order valence-corrected chi connectivity index (χ3v) is 7.02. The summed E-state index contributed by atoms with van der Waals surface area (Å²) in [4.78, 5) is 29.9. The molecule has 2 saturated heterocycles. The average molecular weight is 482 g/mol. The van der Waals surface area contributed by atoms with Crippen LogP contribution < -0.4 is 10.1 Å². The first-order valence-corrected chi connectivity index (χ1v) is 12.3. The zero-order valence-electron chi connectivity index (χ0n) is 19.7. The van der Waals surface area contributed by atoms with Crippen LogP contribution in [0.1, 0.15) is 32.3 Å². The number of amides is 2. The van der Waals surface area contributed by atoms with Gasteiger partial charge in [-0.15, -0.1) is 0 Å². The molecule has 2 aromatic carbocycles. The molecule has 0 bridgehead atoms. The highest BCUT2D eigenvalue weighted by Gasteiger charge is 2.52. The lowest BCUT2D eigenvalue weighted by molar-refractivity contribution is -0.135. The Kier molecular flexibility index (Phi) is 7.59. The monoisotopic (exact) mass is 481 g/mol. The molecule has 2 aromatic rings. The van der Waals surface area contributed by atoms with Crippen LogP contribution in [0, 0.1) is 5.92 Å². The molecule has 0 aromatic heterocycles. The van der Waals surface area contributed by atoms with Crippen LogP contribution >= 0.6 is 11.6 Å². The summed E-state index contributed by atoms with van der Waals surface area (Å²) in [7, 11) is 0. The van der Waals surface area contributed by atoms with Crippen LogP contribution in [0.25, 0.3) is 6.08 Å². The summed E-state index contributed by atoms with van der Waals surface area (Å²) in [5.41, 5.74) is 0.369. The van der Waals surface area contributed by atoms with Gasteiger partial charge in [0.2, 0.25) is 11.8 Å². The van der Waals surface area contributed by atoms with E-state index in [2.05, 4.69) is 19.2 Å². The van der Waals surface area contributed by atoms with Crippen LogP contribution in [0.4, 0.5) is 0 Å². The fourth-order valence-corrected chi connectivity index (χ4v) is 4.94. The molecule has 6 nitrogen and oxygen atoms in total. The molecule has 2 aliphatic rings. The SMILES string of the molecule is CC(C)C1NC2(CCN(C(=O)C=Cc3ccccc3Cl)CC2)N(CCOc2ccccc2)C1=O. The molecule has 0 aliphatic carbocycles.